The van der Waals surface area contributed by atoms with Crippen LogP contribution in [0.15, 0.2) is 0 Å². The monoisotopic (exact) mass is 272 g/mol. The lowest BCUT2D eigenvalue weighted by atomic mass is 10.0. The molecule has 0 aromatic heterocycles. The number of cyclic esters (lactones) is 4. The van der Waals surface area contributed by atoms with E-state index in [4.69, 9.17) is 0 Å². The summed E-state index contributed by atoms with van der Waals surface area (Å²) in [6.07, 6.45) is -3.27. The van der Waals surface area contributed by atoms with Gasteiger partial charge in [-0.25, -0.2) is 9.59 Å². The highest BCUT2D eigenvalue weighted by Gasteiger charge is 2.30. The Balaban J connectivity index is 1.68. The molecule has 0 aromatic carbocycles. The molecule has 0 aromatic rings. The second-order valence-corrected chi connectivity index (χ2v) is 4.26. The van der Waals surface area contributed by atoms with Crippen molar-refractivity contribution < 1.29 is 38.1 Å². The molecule has 0 bridgehead atoms. The van der Waals surface area contributed by atoms with Gasteiger partial charge in [0.15, 0.2) is 0 Å². The van der Waals surface area contributed by atoms with E-state index in [2.05, 4.69) is 18.9 Å². The highest BCUT2D eigenvalue weighted by Crippen LogP contribution is 2.14. The van der Waals surface area contributed by atoms with Gasteiger partial charge in [0, 0.05) is 12.8 Å². The Morgan fingerprint density at radius 1 is 0.895 bits per heavy atom. The fourth-order valence-electron chi connectivity index (χ4n) is 1.80. The van der Waals surface area contributed by atoms with Crippen molar-refractivity contribution in [2.24, 2.45) is 0 Å². The molecular weight excluding hydrogens is 260 g/mol. The van der Waals surface area contributed by atoms with Gasteiger partial charge in [-0.15, -0.1) is 0 Å². The maximum atomic E-state index is 11.5. The van der Waals surface area contributed by atoms with Crippen molar-refractivity contribution in [1.29, 1.82) is 0 Å². The van der Waals surface area contributed by atoms with Gasteiger partial charge in [0.25, 0.3) is 0 Å². The molecule has 2 atom stereocenters. The highest BCUT2D eigenvalue weighted by molar-refractivity contribution is 5.99. The third kappa shape index (κ3) is 3.94. The number of ketones is 2. The summed E-state index contributed by atoms with van der Waals surface area (Å²) in [6.45, 7) is 0.0414. The van der Waals surface area contributed by atoms with Crippen LogP contribution < -0.4 is 0 Å². The van der Waals surface area contributed by atoms with Gasteiger partial charge in [0.05, 0.1) is 6.42 Å². The summed E-state index contributed by atoms with van der Waals surface area (Å²) >= 11 is 0. The van der Waals surface area contributed by atoms with Crippen LogP contribution in [0.5, 0.6) is 0 Å². The number of hydrogen-bond donors (Lipinski definition) is 0. The van der Waals surface area contributed by atoms with Gasteiger partial charge in [-0.1, -0.05) is 0 Å². The molecule has 8 heteroatoms. The summed E-state index contributed by atoms with van der Waals surface area (Å²) in [4.78, 5) is 44.4. The zero-order valence-corrected chi connectivity index (χ0v) is 9.96. The SMILES string of the molecule is O=C(CC(=O)CC1COC(=O)O1)CC1COC(=O)O1. The van der Waals surface area contributed by atoms with E-state index >= 15 is 0 Å². The molecule has 0 saturated carbocycles. The lowest BCUT2D eigenvalue weighted by Gasteiger charge is -2.06. The number of Topliss-reactive ketones (excluding diaryl/α,β-unsaturated/α-hetero) is 2. The molecule has 0 amide bonds. The lowest BCUT2D eigenvalue weighted by molar-refractivity contribution is -0.128. The molecule has 0 aliphatic carbocycles. The van der Waals surface area contributed by atoms with E-state index in [0.29, 0.717) is 0 Å². The molecule has 2 saturated heterocycles. The van der Waals surface area contributed by atoms with Crippen molar-refractivity contribution in [2.75, 3.05) is 13.2 Å². The van der Waals surface area contributed by atoms with Gasteiger partial charge in [0.2, 0.25) is 0 Å². The van der Waals surface area contributed by atoms with Crippen molar-refractivity contribution >= 4 is 23.9 Å². The first-order valence-corrected chi connectivity index (χ1v) is 5.73. The number of hydrogen-bond acceptors (Lipinski definition) is 8. The van der Waals surface area contributed by atoms with Gasteiger partial charge in [0.1, 0.15) is 37.0 Å². The van der Waals surface area contributed by atoms with Gasteiger partial charge in [-0.05, 0) is 0 Å². The van der Waals surface area contributed by atoms with Crippen molar-refractivity contribution in [1.82, 2.24) is 0 Å². The lowest BCUT2D eigenvalue weighted by Crippen LogP contribution is -2.21. The molecule has 8 nitrogen and oxygen atoms in total. The first-order chi connectivity index (χ1) is 9.02. The summed E-state index contributed by atoms with van der Waals surface area (Å²) in [7, 11) is 0. The van der Waals surface area contributed by atoms with Crippen LogP contribution >= 0.6 is 0 Å². The predicted molar refractivity (Wildman–Crippen MR) is 56.3 cm³/mol. The van der Waals surface area contributed by atoms with Gasteiger partial charge in [-0.2, -0.15) is 0 Å². The number of carbonyl (C=O) groups excluding carboxylic acids is 4. The van der Waals surface area contributed by atoms with Crippen LogP contribution in [0.3, 0.4) is 0 Å². The quantitative estimate of drug-likeness (QED) is 0.504. The predicted octanol–water partition coefficient (Wildman–Crippen LogP) is 0.366. The summed E-state index contributed by atoms with van der Waals surface area (Å²) in [5.41, 5.74) is 0. The van der Waals surface area contributed by atoms with Gasteiger partial charge in [-0.3, -0.25) is 9.59 Å². The summed E-state index contributed by atoms with van der Waals surface area (Å²) in [5.74, 6) is -0.697. The van der Waals surface area contributed by atoms with Crippen molar-refractivity contribution in [2.45, 2.75) is 31.5 Å². The smallest absolute Gasteiger partial charge is 0.430 e. The average molecular weight is 272 g/mol. The number of rotatable bonds is 6. The molecule has 2 aliphatic heterocycles. The van der Waals surface area contributed by atoms with Crippen LogP contribution in [0, 0.1) is 0 Å². The molecule has 0 N–H and O–H groups in total. The van der Waals surface area contributed by atoms with Crippen LogP contribution in [0.2, 0.25) is 0 Å². The maximum absolute atomic E-state index is 11.5. The fraction of sp³-hybridized carbons (Fsp3) is 0.636. The first-order valence-electron chi connectivity index (χ1n) is 5.73. The Morgan fingerprint density at radius 2 is 1.32 bits per heavy atom. The van der Waals surface area contributed by atoms with Crippen molar-refractivity contribution in [3.8, 4) is 0 Å². The molecule has 2 fully saturated rings. The van der Waals surface area contributed by atoms with Crippen LogP contribution in [-0.4, -0.2) is 49.3 Å². The molecule has 2 unspecified atom stereocenters. The highest BCUT2D eigenvalue weighted by atomic mass is 16.8. The van der Waals surface area contributed by atoms with E-state index in [-0.39, 0.29) is 44.0 Å². The third-order valence-corrected chi connectivity index (χ3v) is 2.60. The van der Waals surface area contributed by atoms with Crippen molar-refractivity contribution in [3.63, 3.8) is 0 Å². The van der Waals surface area contributed by atoms with Crippen LogP contribution in [0.25, 0.3) is 0 Å². The minimum Gasteiger partial charge on any atom is -0.430 e. The van der Waals surface area contributed by atoms with Crippen LogP contribution in [-0.2, 0) is 28.5 Å². The molecule has 0 spiro atoms. The summed E-state index contributed by atoms with van der Waals surface area (Å²) in [6, 6.07) is 0. The third-order valence-electron chi connectivity index (χ3n) is 2.60. The van der Waals surface area contributed by atoms with E-state index in [1.165, 1.54) is 0 Å². The van der Waals surface area contributed by atoms with E-state index < -0.39 is 24.5 Å². The van der Waals surface area contributed by atoms with E-state index in [1.54, 1.807) is 0 Å². The molecule has 19 heavy (non-hydrogen) atoms. The zero-order valence-electron chi connectivity index (χ0n) is 9.96. The van der Waals surface area contributed by atoms with E-state index in [1.807, 2.05) is 0 Å². The fourth-order valence-corrected chi connectivity index (χ4v) is 1.80. The Morgan fingerprint density at radius 3 is 1.63 bits per heavy atom. The molecule has 0 radical (unpaired) electrons. The van der Waals surface area contributed by atoms with Gasteiger partial charge >= 0.3 is 12.3 Å². The Labute approximate surface area is 107 Å². The minimum atomic E-state index is -0.806. The second kappa shape index (κ2) is 5.68. The molecule has 2 heterocycles. The number of ether oxygens (including phenoxy) is 4. The van der Waals surface area contributed by atoms with Crippen LogP contribution in [0.4, 0.5) is 9.59 Å². The van der Waals surface area contributed by atoms with Gasteiger partial charge < -0.3 is 18.9 Å². The topological polar surface area (TPSA) is 105 Å². The van der Waals surface area contributed by atoms with Crippen molar-refractivity contribution in [3.05, 3.63) is 0 Å². The average Bonchev–Trinajstić information content (AvgIpc) is 2.87. The maximum Gasteiger partial charge on any atom is 0.508 e. The molecule has 2 aliphatic rings. The standard InChI is InChI=1S/C11H12O8/c12-6(2-8-4-16-10(14)18-8)1-7(13)3-9-5-17-11(15)19-9/h8-9H,1-5H2. The van der Waals surface area contributed by atoms with E-state index in [0.717, 1.165) is 0 Å². The Bertz CT molecular complexity index is 377. The largest absolute Gasteiger partial charge is 0.508 e. The second-order valence-electron chi connectivity index (χ2n) is 4.26. The van der Waals surface area contributed by atoms with Crippen LogP contribution in [0.1, 0.15) is 19.3 Å². The minimum absolute atomic E-state index is 0.0207. The summed E-state index contributed by atoms with van der Waals surface area (Å²) in [5, 5.41) is 0. The Kier molecular flexibility index (Phi) is 3.98. The Hall–Kier alpha value is -2.12. The molecule has 2 rings (SSSR count). The normalized spacial score (nSPS) is 25.3. The van der Waals surface area contributed by atoms with E-state index in [9.17, 15) is 19.2 Å². The zero-order chi connectivity index (χ0) is 13.8. The number of carbonyl (C=O) groups is 4. The first kappa shape index (κ1) is 13.3. The molecular formula is C11H12O8. The molecule has 104 valence electrons. The summed E-state index contributed by atoms with van der Waals surface area (Å²) < 4.78 is 18.4.